The van der Waals surface area contributed by atoms with E-state index in [0.717, 1.165) is 23.4 Å². The van der Waals surface area contributed by atoms with E-state index >= 15 is 0 Å². The Hall–Kier alpha value is -3.47. The van der Waals surface area contributed by atoms with E-state index < -0.39 is 0 Å². The molecule has 1 aromatic heterocycles. The Morgan fingerprint density at radius 1 is 0.964 bits per heavy atom. The van der Waals surface area contributed by atoms with Crippen molar-refractivity contribution < 1.29 is 9.59 Å². The fraction of sp³-hybridized carbons (Fsp3) is 0.174. The van der Waals surface area contributed by atoms with Crippen molar-refractivity contribution in [2.45, 2.75) is 27.2 Å². The fourth-order valence-corrected chi connectivity index (χ4v) is 2.97. The highest BCUT2D eigenvalue weighted by atomic mass is 16.1. The van der Waals surface area contributed by atoms with Gasteiger partial charge in [-0.05, 0) is 61.7 Å². The van der Waals surface area contributed by atoms with Crippen molar-refractivity contribution in [3.63, 3.8) is 0 Å². The molecule has 3 aromatic rings. The number of rotatable bonds is 6. The van der Waals surface area contributed by atoms with Crippen LogP contribution in [0.25, 0.3) is 0 Å². The molecule has 5 heteroatoms. The molecule has 1 amide bonds. The Balaban J connectivity index is 1.77. The molecule has 1 heterocycles. The summed E-state index contributed by atoms with van der Waals surface area (Å²) in [4.78, 5) is 28.1. The van der Waals surface area contributed by atoms with Crippen molar-refractivity contribution in [2.24, 2.45) is 0 Å². The molecule has 2 aromatic carbocycles. The quantitative estimate of drug-likeness (QED) is 0.586. The van der Waals surface area contributed by atoms with E-state index in [9.17, 15) is 9.59 Å². The number of nitrogens with zero attached hydrogens (tertiary/aromatic N) is 1. The predicted octanol–water partition coefficient (Wildman–Crippen LogP) is 5.15. The van der Waals surface area contributed by atoms with Crippen LogP contribution in [-0.2, 0) is 6.42 Å². The fourth-order valence-electron chi connectivity index (χ4n) is 2.97. The Morgan fingerprint density at radius 2 is 1.71 bits per heavy atom. The molecule has 5 nitrogen and oxygen atoms in total. The van der Waals surface area contributed by atoms with Crippen molar-refractivity contribution >= 4 is 28.8 Å². The highest BCUT2D eigenvalue weighted by Gasteiger charge is 2.10. The lowest BCUT2D eigenvalue weighted by Crippen LogP contribution is -2.12. The number of Topliss-reactive ketones (excluding diaryl/α,β-unsaturated/α-hetero) is 1. The van der Waals surface area contributed by atoms with Gasteiger partial charge in [0.2, 0.25) is 0 Å². The lowest BCUT2D eigenvalue weighted by molar-refractivity contribution is 0.101. The van der Waals surface area contributed by atoms with Crippen molar-refractivity contribution in [3.8, 4) is 0 Å². The van der Waals surface area contributed by atoms with Gasteiger partial charge in [0.1, 0.15) is 0 Å². The number of hydrogen-bond acceptors (Lipinski definition) is 4. The first kappa shape index (κ1) is 19.3. The smallest absolute Gasteiger partial charge is 0.257 e. The maximum absolute atomic E-state index is 12.6. The first-order valence-corrected chi connectivity index (χ1v) is 9.21. The van der Waals surface area contributed by atoms with Crippen LogP contribution in [0.4, 0.5) is 17.1 Å². The number of para-hydroxylation sites is 1. The molecular formula is C23H23N3O2. The van der Waals surface area contributed by atoms with Crippen LogP contribution in [0.15, 0.2) is 60.9 Å². The number of anilines is 3. The second-order valence-electron chi connectivity index (χ2n) is 6.64. The van der Waals surface area contributed by atoms with E-state index in [1.165, 1.54) is 18.7 Å². The van der Waals surface area contributed by atoms with Gasteiger partial charge in [-0.3, -0.25) is 14.6 Å². The van der Waals surface area contributed by atoms with Crippen molar-refractivity contribution in [1.82, 2.24) is 4.98 Å². The Labute approximate surface area is 164 Å². The third-order valence-electron chi connectivity index (χ3n) is 4.56. The zero-order chi connectivity index (χ0) is 20.1. The summed E-state index contributed by atoms with van der Waals surface area (Å²) in [6.07, 6.45) is 4.14. The molecule has 28 heavy (non-hydrogen) atoms. The number of ketones is 1. The number of aromatic nitrogens is 1. The molecule has 142 valence electrons. The zero-order valence-electron chi connectivity index (χ0n) is 16.2. The molecule has 0 aliphatic carbocycles. The van der Waals surface area contributed by atoms with Gasteiger partial charge in [0, 0.05) is 23.1 Å². The van der Waals surface area contributed by atoms with Crippen LogP contribution in [0.2, 0.25) is 0 Å². The van der Waals surface area contributed by atoms with Crippen LogP contribution in [0.3, 0.4) is 0 Å². The topological polar surface area (TPSA) is 71.1 Å². The minimum Gasteiger partial charge on any atom is -0.354 e. The van der Waals surface area contributed by atoms with Gasteiger partial charge < -0.3 is 10.6 Å². The van der Waals surface area contributed by atoms with Crippen LogP contribution in [0, 0.1) is 6.92 Å². The number of benzene rings is 2. The molecule has 0 spiro atoms. The van der Waals surface area contributed by atoms with Crippen LogP contribution in [0.1, 0.15) is 45.7 Å². The summed E-state index contributed by atoms with van der Waals surface area (Å²) < 4.78 is 0. The SMILES string of the molecule is CCc1cccc(C)c1Nc1cncc(C(=O)Nc2ccc(C(C)=O)cc2)c1. The van der Waals surface area contributed by atoms with Gasteiger partial charge in [-0.2, -0.15) is 0 Å². The second-order valence-corrected chi connectivity index (χ2v) is 6.64. The van der Waals surface area contributed by atoms with Gasteiger partial charge in [-0.1, -0.05) is 25.1 Å². The van der Waals surface area contributed by atoms with Crippen LogP contribution in [0.5, 0.6) is 0 Å². The summed E-state index contributed by atoms with van der Waals surface area (Å²) in [7, 11) is 0. The first-order chi connectivity index (χ1) is 13.5. The molecule has 3 rings (SSSR count). The first-order valence-electron chi connectivity index (χ1n) is 9.21. The molecule has 0 atom stereocenters. The van der Waals surface area contributed by atoms with Crippen LogP contribution >= 0.6 is 0 Å². The average Bonchev–Trinajstić information content (AvgIpc) is 2.70. The maximum atomic E-state index is 12.6. The molecule has 2 N–H and O–H groups in total. The van der Waals surface area contributed by atoms with E-state index in [-0.39, 0.29) is 11.7 Å². The molecule has 0 fully saturated rings. The highest BCUT2D eigenvalue weighted by molar-refractivity contribution is 6.05. The number of hydrogen-bond donors (Lipinski definition) is 2. The normalized spacial score (nSPS) is 10.4. The van der Waals surface area contributed by atoms with Crippen molar-refractivity contribution in [2.75, 3.05) is 10.6 Å². The van der Waals surface area contributed by atoms with Gasteiger partial charge in [0.25, 0.3) is 5.91 Å². The molecule has 0 saturated heterocycles. The van der Waals surface area contributed by atoms with Gasteiger partial charge in [0.05, 0.1) is 17.4 Å². The summed E-state index contributed by atoms with van der Waals surface area (Å²) in [6, 6.07) is 14.8. The lowest BCUT2D eigenvalue weighted by atomic mass is 10.1. The average molecular weight is 373 g/mol. The number of carbonyl (C=O) groups excluding carboxylic acids is 2. The summed E-state index contributed by atoms with van der Waals surface area (Å²) >= 11 is 0. The van der Waals surface area contributed by atoms with Crippen LogP contribution < -0.4 is 10.6 Å². The molecule has 0 saturated carbocycles. The van der Waals surface area contributed by atoms with E-state index in [1.54, 1.807) is 36.5 Å². The Morgan fingerprint density at radius 3 is 2.39 bits per heavy atom. The largest absolute Gasteiger partial charge is 0.354 e. The standard InChI is InChI=1S/C23H23N3O2/c1-4-17-7-5-6-15(2)22(17)25-21-12-19(13-24-14-21)23(28)26-20-10-8-18(9-11-20)16(3)27/h5-14,25H,4H2,1-3H3,(H,26,28). The predicted molar refractivity (Wildman–Crippen MR) is 112 cm³/mol. The van der Waals surface area contributed by atoms with E-state index in [1.807, 2.05) is 6.07 Å². The van der Waals surface area contributed by atoms with Gasteiger partial charge in [-0.25, -0.2) is 0 Å². The van der Waals surface area contributed by atoms with E-state index in [0.29, 0.717) is 16.8 Å². The maximum Gasteiger partial charge on any atom is 0.257 e. The highest BCUT2D eigenvalue weighted by Crippen LogP contribution is 2.25. The number of aryl methyl sites for hydroxylation is 2. The number of pyridine rings is 1. The summed E-state index contributed by atoms with van der Waals surface area (Å²) in [5.74, 6) is -0.268. The third kappa shape index (κ3) is 4.43. The third-order valence-corrected chi connectivity index (χ3v) is 4.56. The van der Waals surface area contributed by atoms with E-state index in [2.05, 4.69) is 41.6 Å². The number of nitrogens with one attached hydrogen (secondary N) is 2. The van der Waals surface area contributed by atoms with Crippen molar-refractivity contribution in [3.05, 3.63) is 83.2 Å². The van der Waals surface area contributed by atoms with Gasteiger partial charge in [0.15, 0.2) is 5.78 Å². The molecular weight excluding hydrogens is 350 g/mol. The monoisotopic (exact) mass is 373 g/mol. The molecule has 0 unspecified atom stereocenters. The molecule has 0 aliphatic heterocycles. The Kier molecular flexibility index (Phi) is 5.84. The summed E-state index contributed by atoms with van der Waals surface area (Å²) in [5, 5.41) is 6.22. The van der Waals surface area contributed by atoms with Gasteiger partial charge in [-0.15, -0.1) is 0 Å². The van der Waals surface area contributed by atoms with Crippen LogP contribution in [-0.4, -0.2) is 16.7 Å². The molecule has 0 radical (unpaired) electrons. The summed E-state index contributed by atoms with van der Waals surface area (Å²) in [5.41, 5.74) is 5.83. The lowest BCUT2D eigenvalue weighted by Gasteiger charge is -2.14. The van der Waals surface area contributed by atoms with Crippen molar-refractivity contribution in [1.29, 1.82) is 0 Å². The molecule has 0 aliphatic rings. The number of amides is 1. The minimum absolute atomic E-state index is 0.0106. The Bertz CT molecular complexity index is 1010. The summed E-state index contributed by atoms with van der Waals surface area (Å²) in [6.45, 7) is 5.67. The molecule has 0 bridgehead atoms. The van der Waals surface area contributed by atoms with Gasteiger partial charge >= 0.3 is 0 Å². The number of carbonyl (C=O) groups is 2. The minimum atomic E-state index is -0.257. The van der Waals surface area contributed by atoms with E-state index in [4.69, 9.17) is 0 Å². The zero-order valence-corrected chi connectivity index (χ0v) is 16.2. The second kappa shape index (κ2) is 8.48.